The van der Waals surface area contributed by atoms with E-state index in [1.165, 1.54) is 19.1 Å². The van der Waals surface area contributed by atoms with Gasteiger partial charge in [-0.25, -0.2) is 9.59 Å². The van der Waals surface area contributed by atoms with Gasteiger partial charge in [0.2, 0.25) is 0 Å². The minimum absolute atomic E-state index is 0.00122. The van der Waals surface area contributed by atoms with Crippen molar-refractivity contribution in [1.29, 1.82) is 5.26 Å². The molecular weight excluding hydrogens is 470 g/mol. The van der Waals surface area contributed by atoms with Gasteiger partial charge in [-0.2, -0.15) is 5.26 Å². The van der Waals surface area contributed by atoms with Crippen molar-refractivity contribution in [2.45, 2.75) is 10.5 Å². The van der Waals surface area contributed by atoms with Gasteiger partial charge in [0.1, 0.15) is 11.5 Å². The fourth-order valence-corrected chi connectivity index (χ4v) is 6.98. The number of nitrogens with two attached hydrogens (primary N) is 1. The second-order valence-electron chi connectivity index (χ2n) is 7.50. The van der Waals surface area contributed by atoms with Crippen molar-refractivity contribution < 1.29 is 19.1 Å². The Kier molecular flexibility index (Phi) is 7.20. The molecule has 2 N–H and O–H groups in total. The largest absolute Gasteiger partial charge is 0.466 e. The summed E-state index contributed by atoms with van der Waals surface area (Å²) in [5.74, 6) is -0.194. The molecule has 174 valence electrons. The molecule has 2 heterocycles. The predicted octanol–water partition coefficient (Wildman–Crippen LogP) is 4.06. The van der Waals surface area contributed by atoms with Gasteiger partial charge in [0.15, 0.2) is 0 Å². The van der Waals surface area contributed by atoms with Gasteiger partial charge in [-0.1, -0.05) is 42.5 Å². The van der Waals surface area contributed by atoms with Crippen molar-refractivity contribution in [2.75, 3.05) is 30.6 Å². The van der Waals surface area contributed by atoms with Gasteiger partial charge in [0.05, 0.1) is 41.9 Å². The lowest BCUT2D eigenvalue weighted by atomic mass is 9.81. The van der Waals surface area contributed by atoms with E-state index in [0.717, 1.165) is 17.1 Å². The van der Waals surface area contributed by atoms with Crippen LogP contribution in [0, 0.1) is 11.3 Å². The molecule has 2 aliphatic rings. The first kappa shape index (κ1) is 23.8. The SMILES string of the molecule is COC(=O)C1=C(C(=O)OC)N(c2cccc(C3SCCS3)c2)C(N)=C(C#N)C1c1ccccc1. The van der Waals surface area contributed by atoms with E-state index in [4.69, 9.17) is 15.2 Å². The van der Waals surface area contributed by atoms with Gasteiger partial charge in [-0.05, 0) is 23.3 Å². The zero-order valence-electron chi connectivity index (χ0n) is 18.7. The van der Waals surface area contributed by atoms with Crippen molar-refractivity contribution in [3.63, 3.8) is 0 Å². The number of hydrogen-bond acceptors (Lipinski definition) is 9. The minimum atomic E-state index is -0.881. The second-order valence-corrected chi connectivity index (χ2v) is 10.2. The van der Waals surface area contributed by atoms with Crippen LogP contribution in [0.2, 0.25) is 0 Å². The predicted molar refractivity (Wildman–Crippen MR) is 134 cm³/mol. The average Bonchev–Trinajstić information content (AvgIpc) is 3.42. The fourth-order valence-electron chi connectivity index (χ4n) is 4.14. The third-order valence-electron chi connectivity index (χ3n) is 5.63. The smallest absolute Gasteiger partial charge is 0.355 e. The third kappa shape index (κ3) is 4.27. The maximum atomic E-state index is 13.1. The number of allylic oxidation sites excluding steroid dienone is 1. The summed E-state index contributed by atoms with van der Waals surface area (Å²) in [7, 11) is 2.47. The molecule has 1 unspecified atom stereocenters. The van der Waals surface area contributed by atoms with E-state index in [1.54, 1.807) is 30.3 Å². The van der Waals surface area contributed by atoms with Crippen molar-refractivity contribution in [1.82, 2.24) is 0 Å². The van der Waals surface area contributed by atoms with Crippen molar-refractivity contribution in [3.05, 3.63) is 88.4 Å². The monoisotopic (exact) mass is 493 g/mol. The molecule has 0 spiro atoms. The lowest BCUT2D eigenvalue weighted by molar-refractivity contribution is -0.139. The molecule has 1 fully saturated rings. The maximum absolute atomic E-state index is 13.1. The number of esters is 2. The Labute approximate surface area is 206 Å². The van der Waals surface area contributed by atoms with Crippen LogP contribution in [-0.4, -0.2) is 37.7 Å². The van der Waals surface area contributed by atoms with E-state index < -0.39 is 17.9 Å². The quantitative estimate of drug-likeness (QED) is 0.617. The van der Waals surface area contributed by atoms with Crippen LogP contribution in [0.3, 0.4) is 0 Å². The Morgan fingerprint density at radius 2 is 1.65 bits per heavy atom. The van der Waals surface area contributed by atoms with Gasteiger partial charge in [-0.3, -0.25) is 4.90 Å². The van der Waals surface area contributed by atoms with Gasteiger partial charge >= 0.3 is 11.9 Å². The van der Waals surface area contributed by atoms with E-state index in [2.05, 4.69) is 6.07 Å². The summed E-state index contributed by atoms with van der Waals surface area (Å²) in [5, 5.41) is 10.1. The highest BCUT2D eigenvalue weighted by Crippen LogP contribution is 2.47. The highest BCUT2D eigenvalue weighted by Gasteiger charge is 2.43. The summed E-state index contributed by atoms with van der Waals surface area (Å²) < 4.78 is 10.4. The molecule has 1 atom stereocenters. The molecule has 34 heavy (non-hydrogen) atoms. The average molecular weight is 494 g/mol. The fraction of sp³-hybridized carbons (Fsp3) is 0.240. The van der Waals surface area contributed by atoms with Crippen LogP contribution in [0.5, 0.6) is 0 Å². The maximum Gasteiger partial charge on any atom is 0.355 e. The number of ether oxygens (including phenoxy) is 2. The standard InChI is InChI=1S/C25H23N3O4S2/c1-31-23(29)20-19(15-7-4-3-5-8-15)18(14-26)22(27)28(21(20)24(30)32-2)17-10-6-9-16(13-17)25-33-11-12-34-25/h3-10,13,19,25H,11-12,27H2,1-2H3. The Morgan fingerprint density at radius 3 is 2.26 bits per heavy atom. The molecule has 0 bridgehead atoms. The van der Waals surface area contributed by atoms with Crippen LogP contribution in [-0.2, 0) is 19.1 Å². The van der Waals surface area contributed by atoms with Crippen LogP contribution < -0.4 is 10.6 Å². The zero-order valence-corrected chi connectivity index (χ0v) is 20.3. The molecule has 1 saturated heterocycles. The summed E-state index contributed by atoms with van der Waals surface area (Å²) in [5.41, 5.74) is 8.90. The number of methoxy groups -OCH3 is 2. The van der Waals surface area contributed by atoms with E-state index in [0.29, 0.717) is 11.3 Å². The molecule has 2 aromatic carbocycles. The number of carbonyl (C=O) groups is 2. The minimum Gasteiger partial charge on any atom is -0.466 e. The molecule has 2 aromatic rings. The molecule has 0 aliphatic carbocycles. The van der Waals surface area contributed by atoms with E-state index in [1.807, 2.05) is 47.8 Å². The normalized spacial score (nSPS) is 18.6. The molecular formula is C25H23N3O4S2. The van der Waals surface area contributed by atoms with Crippen LogP contribution in [0.4, 0.5) is 5.69 Å². The van der Waals surface area contributed by atoms with Gasteiger partial charge in [0, 0.05) is 17.2 Å². The number of thioether (sulfide) groups is 2. The summed E-state index contributed by atoms with van der Waals surface area (Å²) in [6, 6.07) is 18.7. The summed E-state index contributed by atoms with van der Waals surface area (Å²) in [4.78, 5) is 27.7. The zero-order chi connectivity index (χ0) is 24.2. The summed E-state index contributed by atoms with van der Waals surface area (Å²) in [6.07, 6.45) is 0. The Hall–Kier alpha value is -3.35. The van der Waals surface area contributed by atoms with Crippen molar-refractivity contribution in [2.24, 2.45) is 5.73 Å². The number of anilines is 1. The van der Waals surface area contributed by atoms with Gasteiger partial charge < -0.3 is 15.2 Å². The number of nitrogens with zero attached hydrogens (tertiary/aromatic N) is 2. The molecule has 7 nitrogen and oxygen atoms in total. The first-order valence-electron chi connectivity index (χ1n) is 10.5. The van der Waals surface area contributed by atoms with Crippen molar-refractivity contribution in [3.8, 4) is 6.07 Å². The highest BCUT2D eigenvalue weighted by atomic mass is 32.2. The second kappa shape index (κ2) is 10.3. The lowest BCUT2D eigenvalue weighted by Gasteiger charge is -2.36. The number of nitriles is 1. The molecule has 2 aliphatic heterocycles. The van der Waals surface area contributed by atoms with E-state index in [-0.39, 0.29) is 27.2 Å². The lowest BCUT2D eigenvalue weighted by Crippen LogP contribution is -2.40. The van der Waals surface area contributed by atoms with Crippen LogP contribution in [0.25, 0.3) is 0 Å². The molecule has 0 radical (unpaired) electrons. The van der Waals surface area contributed by atoms with E-state index in [9.17, 15) is 14.9 Å². The number of carbonyl (C=O) groups excluding carboxylic acids is 2. The highest BCUT2D eigenvalue weighted by molar-refractivity contribution is 8.19. The summed E-state index contributed by atoms with van der Waals surface area (Å²) >= 11 is 3.69. The van der Waals surface area contributed by atoms with Crippen LogP contribution >= 0.6 is 23.5 Å². The first-order valence-corrected chi connectivity index (χ1v) is 12.6. The number of hydrogen-bond donors (Lipinski definition) is 1. The third-order valence-corrected chi connectivity index (χ3v) is 8.74. The Balaban J connectivity index is 1.98. The molecule has 9 heteroatoms. The van der Waals surface area contributed by atoms with Gasteiger partial charge in [0.25, 0.3) is 0 Å². The summed E-state index contributed by atoms with van der Waals surface area (Å²) in [6.45, 7) is 0. The van der Waals surface area contributed by atoms with Crippen molar-refractivity contribution >= 4 is 41.1 Å². The van der Waals surface area contributed by atoms with Gasteiger partial charge in [-0.15, -0.1) is 23.5 Å². The van der Waals surface area contributed by atoms with Crippen LogP contribution in [0.15, 0.2) is 77.3 Å². The Bertz CT molecular complexity index is 1210. The first-order chi connectivity index (χ1) is 16.5. The molecule has 4 rings (SSSR count). The molecule has 0 aromatic heterocycles. The van der Waals surface area contributed by atoms with Crippen LogP contribution in [0.1, 0.15) is 21.6 Å². The number of rotatable bonds is 5. The topological polar surface area (TPSA) is 106 Å². The molecule has 0 saturated carbocycles. The Morgan fingerprint density at radius 1 is 1.00 bits per heavy atom. The number of benzene rings is 2. The van der Waals surface area contributed by atoms with E-state index >= 15 is 0 Å². The molecule has 0 amide bonds.